The Hall–Kier alpha value is -3.14. The van der Waals surface area contributed by atoms with Crippen LogP contribution in [0.3, 0.4) is 0 Å². The van der Waals surface area contributed by atoms with Crippen molar-refractivity contribution in [3.05, 3.63) is 63.4 Å². The highest BCUT2D eigenvalue weighted by Crippen LogP contribution is 2.27. The molecule has 1 aliphatic carbocycles. The number of carbonyl (C=O) groups is 2. The number of nitrogens with zero attached hydrogens (tertiary/aromatic N) is 2. The van der Waals surface area contributed by atoms with Crippen molar-refractivity contribution in [3.8, 4) is 0 Å². The summed E-state index contributed by atoms with van der Waals surface area (Å²) in [7, 11) is 0. The highest BCUT2D eigenvalue weighted by Gasteiger charge is 2.39. The van der Waals surface area contributed by atoms with Crippen LogP contribution in [-0.4, -0.2) is 33.9 Å². The summed E-state index contributed by atoms with van der Waals surface area (Å²) in [5.41, 5.74) is 1.68. The van der Waals surface area contributed by atoms with E-state index in [-0.39, 0.29) is 17.4 Å². The molecule has 1 heterocycles. The number of thiazole rings is 1. The largest absolute Gasteiger partial charge is 0.473 e. The molecule has 2 amide bonds. The van der Waals surface area contributed by atoms with E-state index >= 15 is 0 Å². The van der Waals surface area contributed by atoms with Crippen molar-refractivity contribution in [3.63, 3.8) is 0 Å². The summed E-state index contributed by atoms with van der Waals surface area (Å²) in [6, 6.07) is 13.1. The lowest BCUT2D eigenvalue weighted by atomic mass is 9.97. The molecule has 0 bridgehead atoms. The van der Waals surface area contributed by atoms with Crippen LogP contribution >= 0.6 is 11.3 Å². The Labute approximate surface area is 178 Å². The Morgan fingerprint density at radius 1 is 1.19 bits per heavy atom. The first kappa shape index (κ1) is 21.1. The van der Waals surface area contributed by atoms with Crippen LogP contribution in [0.2, 0.25) is 0 Å². The van der Waals surface area contributed by atoms with Gasteiger partial charge >= 0.3 is 18.2 Å². The van der Waals surface area contributed by atoms with Crippen LogP contribution in [0.4, 0.5) is 18.0 Å². The van der Waals surface area contributed by atoms with E-state index in [1.807, 2.05) is 42.5 Å². The first-order valence-corrected chi connectivity index (χ1v) is 10.4. The number of benzene rings is 2. The molecule has 162 valence electrons. The first-order valence-electron chi connectivity index (χ1n) is 9.55. The van der Waals surface area contributed by atoms with Gasteiger partial charge in [-0.1, -0.05) is 42.5 Å². The van der Waals surface area contributed by atoms with Gasteiger partial charge in [0.1, 0.15) is 0 Å². The molecule has 0 spiro atoms. The number of halogens is 3. The van der Waals surface area contributed by atoms with Crippen molar-refractivity contribution in [1.82, 2.24) is 9.88 Å². The number of rotatable bonds is 3. The summed E-state index contributed by atoms with van der Waals surface area (Å²) < 4.78 is 40.3. The van der Waals surface area contributed by atoms with Crippen LogP contribution in [-0.2, 0) is 24.2 Å². The van der Waals surface area contributed by atoms with Gasteiger partial charge in [-0.2, -0.15) is 18.2 Å². The fourth-order valence-corrected chi connectivity index (χ4v) is 5.10. The number of carbonyl (C=O) groups excluding carboxylic acids is 1. The Morgan fingerprint density at radius 3 is 2.68 bits per heavy atom. The minimum absolute atomic E-state index is 0.0313. The monoisotopic (exact) mass is 449 g/mol. The van der Waals surface area contributed by atoms with E-state index in [2.05, 4.69) is 10.3 Å². The maximum Gasteiger partial charge on any atom is 0.473 e. The van der Waals surface area contributed by atoms with E-state index in [4.69, 9.17) is 5.11 Å². The molecule has 3 aromatic rings. The van der Waals surface area contributed by atoms with Crippen molar-refractivity contribution in [2.75, 3.05) is 0 Å². The molecular formula is C21H18F3N3O3S. The normalized spacial score (nSPS) is 16.9. The number of hydrogen-bond donors (Lipinski definition) is 2. The van der Waals surface area contributed by atoms with Crippen LogP contribution in [0.1, 0.15) is 22.6 Å². The van der Waals surface area contributed by atoms with Crippen molar-refractivity contribution in [2.24, 2.45) is 4.99 Å². The van der Waals surface area contributed by atoms with Crippen LogP contribution in [0.5, 0.6) is 0 Å². The van der Waals surface area contributed by atoms with Gasteiger partial charge in [-0.25, -0.2) is 4.79 Å². The molecule has 1 aromatic heterocycles. The van der Waals surface area contributed by atoms with Crippen molar-refractivity contribution >= 4 is 34.1 Å². The molecule has 10 heteroatoms. The molecule has 0 fully saturated rings. The van der Waals surface area contributed by atoms with Gasteiger partial charge in [0.05, 0.1) is 6.54 Å². The molecule has 6 nitrogen and oxygen atoms in total. The fraction of sp³-hybridized carbons (Fsp3) is 0.286. The average Bonchev–Trinajstić information content (AvgIpc) is 3.03. The zero-order valence-electron chi connectivity index (χ0n) is 16.1. The van der Waals surface area contributed by atoms with Crippen LogP contribution in [0.15, 0.2) is 47.5 Å². The second-order valence-corrected chi connectivity index (χ2v) is 8.34. The SMILES string of the molecule is O=C(O)NC1CCc2c(sc(=NC(=O)C(F)(F)F)n2Cc2cccc3ccccc23)C1. The van der Waals surface area contributed by atoms with Crippen molar-refractivity contribution in [1.29, 1.82) is 0 Å². The molecule has 2 aromatic carbocycles. The Morgan fingerprint density at radius 2 is 1.94 bits per heavy atom. The van der Waals surface area contributed by atoms with Gasteiger partial charge in [0.25, 0.3) is 0 Å². The summed E-state index contributed by atoms with van der Waals surface area (Å²) >= 11 is 1.00. The van der Waals surface area contributed by atoms with E-state index in [0.29, 0.717) is 19.3 Å². The number of aromatic nitrogens is 1. The van der Waals surface area contributed by atoms with Gasteiger partial charge in [-0.15, -0.1) is 11.3 Å². The zero-order valence-corrected chi connectivity index (χ0v) is 17.0. The highest BCUT2D eigenvalue weighted by molar-refractivity contribution is 7.09. The summed E-state index contributed by atoms with van der Waals surface area (Å²) in [5.74, 6) is -2.15. The molecule has 0 aliphatic heterocycles. The maximum atomic E-state index is 12.9. The first-order chi connectivity index (χ1) is 14.7. The summed E-state index contributed by atoms with van der Waals surface area (Å²) in [6.07, 6.45) is -4.88. The standard InChI is InChI=1S/C21H18F3N3O3S/c22-21(23,24)18(28)26-19-27(11-13-6-3-5-12-4-1-2-7-15(12)13)16-9-8-14(25-20(29)30)10-17(16)31-19/h1-7,14,25H,8-11H2,(H,29,30). The molecule has 0 saturated heterocycles. The second kappa shape index (κ2) is 8.18. The zero-order chi connectivity index (χ0) is 22.2. The molecule has 2 N–H and O–H groups in total. The number of fused-ring (bicyclic) bond motifs is 2. The van der Waals surface area contributed by atoms with Gasteiger partial charge in [-0.3, -0.25) is 4.79 Å². The number of nitrogens with one attached hydrogen (secondary N) is 1. The van der Waals surface area contributed by atoms with Crippen LogP contribution in [0, 0.1) is 0 Å². The van der Waals surface area contributed by atoms with E-state index in [1.54, 1.807) is 4.57 Å². The van der Waals surface area contributed by atoms with Gasteiger partial charge in [0.2, 0.25) is 0 Å². The Kier molecular flexibility index (Phi) is 5.57. The second-order valence-electron chi connectivity index (χ2n) is 7.28. The summed E-state index contributed by atoms with van der Waals surface area (Å²) in [4.78, 5) is 26.6. The lowest BCUT2D eigenvalue weighted by Crippen LogP contribution is -2.38. The number of carboxylic acid groups (broad SMARTS) is 1. The summed E-state index contributed by atoms with van der Waals surface area (Å²) in [5, 5.41) is 13.4. The van der Waals surface area contributed by atoms with Gasteiger partial charge in [0, 0.05) is 23.0 Å². The Balaban J connectivity index is 1.80. The topological polar surface area (TPSA) is 83.7 Å². The van der Waals surface area contributed by atoms with E-state index in [9.17, 15) is 22.8 Å². The molecule has 0 radical (unpaired) electrons. The fourth-order valence-electron chi connectivity index (χ4n) is 3.86. The lowest BCUT2D eigenvalue weighted by molar-refractivity contribution is -0.169. The number of alkyl halides is 3. The Bertz CT molecular complexity index is 1220. The minimum atomic E-state index is -5.06. The number of hydrogen-bond acceptors (Lipinski definition) is 3. The minimum Gasteiger partial charge on any atom is -0.465 e. The third-order valence-electron chi connectivity index (χ3n) is 5.23. The predicted octanol–water partition coefficient (Wildman–Crippen LogP) is 3.87. The maximum absolute atomic E-state index is 12.9. The highest BCUT2D eigenvalue weighted by atomic mass is 32.1. The quantitative estimate of drug-likeness (QED) is 0.637. The van der Waals surface area contributed by atoms with Crippen molar-refractivity contribution in [2.45, 2.75) is 38.0 Å². The van der Waals surface area contributed by atoms with Gasteiger partial charge < -0.3 is 15.0 Å². The van der Waals surface area contributed by atoms with E-state index in [0.717, 1.165) is 38.2 Å². The van der Waals surface area contributed by atoms with E-state index in [1.165, 1.54) is 0 Å². The molecular weight excluding hydrogens is 431 g/mol. The molecule has 1 aliphatic rings. The predicted molar refractivity (Wildman–Crippen MR) is 109 cm³/mol. The molecule has 0 saturated carbocycles. The van der Waals surface area contributed by atoms with Gasteiger partial charge in [0.15, 0.2) is 4.80 Å². The average molecular weight is 449 g/mol. The van der Waals surface area contributed by atoms with Crippen LogP contribution < -0.4 is 10.1 Å². The van der Waals surface area contributed by atoms with Crippen LogP contribution in [0.25, 0.3) is 10.8 Å². The lowest BCUT2D eigenvalue weighted by Gasteiger charge is -2.23. The number of amides is 2. The molecule has 1 atom stereocenters. The van der Waals surface area contributed by atoms with Gasteiger partial charge in [-0.05, 0) is 29.2 Å². The van der Waals surface area contributed by atoms with Crippen molar-refractivity contribution < 1.29 is 27.9 Å². The summed E-state index contributed by atoms with van der Waals surface area (Å²) in [6.45, 7) is 0.258. The molecule has 1 unspecified atom stereocenters. The molecule has 4 rings (SSSR count). The smallest absolute Gasteiger partial charge is 0.465 e. The third-order valence-corrected chi connectivity index (χ3v) is 6.37. The molecule has 31 heavy (non-hydrogen) atoms. The van der Waals surface area contributed by atoms with E-state index < -0.39 is 18.2 Å². The third kappa shape index (κ3) is 4.48.